The Hall–Kier alpha value is -3.88. The van der Waals surface area contributed by atoms with Crippen molar-refractivity contribution >= 4 is 23.9 Å². The number of carboxylic acid groups (broad SMARTS) is 1. The van der Waals surface area contributed by atoms with Crippen LogP contribution in [0.3, 0.4) is 0 Å². The molecular weight excluding hydrogens is 450 g/mol. The van der Waals surface area contributed by atoms with Gasteiger partial charge in [0.2, 0.25) is 11.8 Å². The number of likely N-dealkylation sites (tertiary alicyclic amines) is 1. The van der Waals surface area contributed by atoms with Gasteiger partial charge in [0, 0.05) is 18.5 Å². The van der Waals surface area contributed by atoms with Gasteiger partial charge in [0.1, 0.15) is 13.2 Å². The Morgan fingerprint density at radius 1 is 0.971 bits per heavy atom. The molecule has 0 radical (unpaired) electrons. The molecule has 0 unspecified atom stereocenters. The van der Waals surface area contributed by atoms with Gasteiger partial charge in [0.15, 0.2) is 0 Å². The summed E-state index contributed by atoms with van der Waals surface area (Å²) in [6.07, 6.45) is 0.0684. The average Bonchev–Trinajstić information content (AvgIpc) is 3.18. The second-order valence-electron chi connectivity index (χ2n) is 8.95. The molecular formula is C26H29N3O6. The van der Waals surface area contributed by atoms with Crippen molar-refractivity contribution in [2.45, 2.75) is 31.7 Å². The van der Waals surface area contributed by atoms with Gasteiger partial charge in [-0.25, -0.2) is 4.79 Å². The molecule has 35 heavy (non-hydrogen) atoms. The number of carboxylic acids is 1. The highest BCUT2D eigenvalue weighted by Gasteiger charge is 2.32. The zero-order valence-electron chi connectivity index (χ0n) is 19.5. The van der Waals surface area contributed by atoms with Gasteiger partial charge in [0.05, 0.1) is 12.5 Å². The summed E-state index contributed by atoms with van der Waals surface area (Å²) in [5.41, 5.74) is 4.45. The summed E-state index contributed by atoms with van der Waals surface area (Å²) in [6.45, 7) is 1.75. The molecule has 1 heterocycles. The van der Waals surface area contributed by atoms with Crippen LogP contribution in [0.2, 0.25) is 0 Å². The summed E-state index contributed by atoms with van der Waals surface area (Å²) in [5, 5.41) is 14.1. The number of nitrogens with zero attached hydrogens (tertiary/aromatic N) is 1. The number of benzene rings is 2. The number of hydrogen-bond donors (Lipinski definition) is 3. The molecule has 3 amide bonds. The first-order chi connectivity index (χ1) is 16.8. The van der Waals surface area contributed by atoms with Gasteiger partial charge >= 0.3 is 12.1 Å². The van der Waals surface area contributed by atoms with E-state index in [1.165, 1.54) is 0 Å². The molecule has 9 heteroatoms. The van der Waals surface area contributed by atoms with Crippen LogP contribution in [-0.2, 0) is 19.1 Å². The van der Waals surface area contributed by atoms with E-state index < -0.39 is 23.9 Å². The summed E-state index contributed by atoms with van der Waals surface area (Å²) < 4.78 is 5.40. The van der Waals surface area contributed by atoms with Crippen LogP contribution in [0.15, 0.2) is 48.5 Å². The molecule has 0 aromatic heterocycles. The molecule has 1 saturated heterocycles. The van der Waals surface area contributed by atoms with Gasteiger partial charge < -0.3 is 25.4 Å². The van der Waals surface area contributed by atoms with Crippen LogP contribution >= 0.6 is 0 Å². The molecule has 1 aliphatic heterocycles. The topological polar surface area (TPSA) is 125 Å². The summed E-state index contributed by atoms with van der Waals surface area (Å²) in [4.78, 5) is 49.5. The summed E-state index contributed by atoms with van der Waals surface area (Å²) >= 11 is 0. The van der Waals surface area contributed by atoms with Gasteiger partial charge in [-0.1, -0.05) is 48.5 Å². The number of piperidine rings is 1. The van der Waals surface area contributed by atoms with Gasteiger partial charge in [-0.15, -0.1) is 0 Å². The number of fused-ring (bicyclic) bond motifs is 3. The molecule has 1 fully saturated rings. The molecule has 2 aromatic rings. The molecule has 0 saturated carbocycles. The smallest absolute Gasteiger partial charge is 0.407 e. The molecule has 9 nitrogen and oxygen atoms in total. The Balaban J connectivity index is 1.20. The maximum absolute atomic E-state index is 12.4. The minimum atomic E-state index is -0.850. The van der Waals surface area contributed by atoms with Crippen molar-refractivity contribution in [1.29, 1.82) is 0 Å². The van der Waals surface area contributed by atoms with E-state index in [0.717, 1.165) is 22.3 Å². The highest BCUT2D eigenvalue weighted by molar-refractivity contribution is 5.87. The van der Waals surface area contributed by atoms with Gasteiger partial charge in [-0.2, -0.15) is 0 Å². The van der Waals surface area contributed by atoms with Crippen LogP contribution in [0.4, 0.5) is 4.79 Å². The number of aliphatic carboxylic acids is 1. The van der Waals surface area contributed by atoms with Gasteiger partial charge in [-0.05, 0) is 42.0 Å². The molecule has 2 aliphatic rings. The van der Waals surface area contributed by atoms with Crippen LogP contribution in [-0.4, -0.2) is 66.2 Å². The standard InChI is InChI=1S/C26H29N3O6/c1-16-12-17(25(32)33)10-11-29(16)24(31)14-27-23(30)13-28-26(34)35-15-22-20-8-4-2-6-18(20)19-7-3-5-9-21(19)22/h2-9,16-17,22H,10-15H2,1H3,(H,27,30)(H,28,34)(H,32,33)/t16-,17-/m0/s1. The largest absolute Gasteiger partial charge is 0.481 e. The van der Waals surface area contributed by atoms with E-state index in [1.54, 1.807) is 11.8 Å². The number of carbonyl (C=O) groups is 4. The fourth-order valence-corrected chi connectivity index (χ4v) is 4.91. The highest BCUT2D eigenvalue weighted by atomic mass is 16.5. The SMILES string of the molecule is C[C@H]1C[C@@H](C(=O)O)CCN1C(=O)CNC(=O)CNC(=O)OCC1c2ccccc2-c2ccccc21. The van der Waals surface area contributed by atoms with Crippen LogP contribution in [0, 0.1) is 5.92 Å². The van der Waals surface area contributed by atoms with Crippen molar-refractivity contribution in [2.75, 3.05) is 26.2 Å². The van der Waals surface area contributed by atoms with Gasteiger partial charge in [-0.3, -0.25) is 14.4 Å². The van der Waals surface area contributed by atoms with E-state index in [0.29, 0.717) is 19.4 Å². The second-order valence-corrected chi connectivity index (χ2v) is 8.95. The van der Waals surface area contributed by atoms with Crippen molar-refractivity contribution in [3.63, 3.8) is 0 Å². The fourth-order valence-electron chi connectivity index (χ4n) is 4.91. The van der Waals surface area contributed by atoms with Crippen LogP contribution in [0.1, 0.15) is 36.8 Å². The first-order valence-electron chi connectivity index (χ1n) is 11.7. The van der Waals surface area contributed by atoms with E-state index in [9.17, 15) is 19.2 Å². The number of alkyl carbamates (subject to hydrolysis) is 1. The third kappa shape index (κ3) is 5.45. The number of carbonyl (C=O) groups excluding carboxylic acids is 3. The van der Waals surface area contributed by atoms with E-state index in [4.69, 9.17) is 9.84 Å². The van der Waals surface area contributed by atoms with Crippen molar-refractivity contribution in [1.82, 2.24) is 15.5 Å². The molecule has 184 valence electrons. The number of ether oxygens (including phenoxy) is 1. The van der Waals surface area contributed by atoms with E-state index >= 15 is 0 Å². The lowest BCUT2D eigenvalue weighted by atomic mass is 9.92. The Morgan fingerprint density at radius 2 is 1.60 bits per heavy atom. The van der Waals surface area contributed by atoms with Crippen molar-refractivity contribution in [2.24, 2.45) is 5.92 Å². The third-order valence-electron chi connectivity index (χ3n) is 6.72. The van der Waals surface area contributed by atoms with E-state index in [2.05, 4.69) is 22.8 Å². The van der Waals surface area contributed by atoms with Crippen molar-refractivity contribution < 1.29 is 29.0 Å². The average molecular weight is 480 g/mol. The van der Waals surface area contributed by atoms with Crippen molar-refractivity contribution in [3.05, 3.63) is 59.7 Å². The maximum atomic E-state index is 12.4. The quantitative estimate of drug-likeness (QED) is 0.560. The predicted molar refractivity (Wildman–Crippen MR) is 128 cm³/mol. The zero-order valence-corrected chi connectivity index (χ0v) is 19.5. The summed E-state index contributed by atoms with van der Waals surface area (Å²) in [5.74, 6) is -2.18. The van der Waals surface area contributed by atoms with E-state index in [-0.39, 0.29) is 37.6 Å². The molecule has 0 spiro atoms. The van der Waals surface area contributed by atoms with Crippen molar-refractivity contribution in [3.8, 4) is 11.1 Å². The van der Waals surface area contributed by atoms with Crippen LogP contribution in [0.5, 0.6) is 0 Å². The lowest BCUT2D eigenvalue weighted by Crippen LogP contribution is -2.50. The first-order valence-corrected chi connectivity index (χ1v) is 11.7. The number of hydrogen-bond acceptors (Lipinski definition) is 5. The normalized spacial score (nSPS) is 18.8. The van der Waals surface area contributed by atoms with E-state index in [1.807, 2.05) is 36.4 Å². The molecule has 1 aliphatic carbocycles. The second kappa shape index (κ2) is 10.6. The molecule has 2 atom stereocenters. The third-order valence-corrected chi connectivity index (χ3v) is 6.72. The molecule has 3 N–H and O–H groups in total. The lowest BCUT2D eigenvalue weighted by molar-refractivity contribution is -0.147. The van der Waals surface area contributed by atoms with Crippen LogP contribution in [0.25, 0.3) is 11.1 Å². The van der Waals surface area contributed by atoms with Gasteiger partial charge in [0.25, 0.3) is 0 Å². The minimum absolute atomic E-state index is 0.0770. The monoisotopic (exact) mass is 479 g/mol. The number of amides is 3. The Bertz CT molecular complexity index is 1090. The zero-order chi connectivity index (χ0) is 24.9. The highest BCUT2D eigenvalue weighted by Crippen LogP contribution is 2.44. The Labute approximate surface area is 203 Å². The summed E-state index contributed by atoms with van der Waals surface area (Å²) in [6, 6.07) is 15.8. The Morgan fingerprint density at radius 3 is 2.20 bits per heavy atom. The fraction of sp³-hybridized carbons (Fsp3) is 0.385. The predicted octanol–water partition coefficient (Wildman–Crippen LogP) is 2.35. The Kier molecular flexibility index (Phi) is 7.33. The molecule has 4 rings (SSSR count). The first kappa shape index (κ1) is 24.3. The maximum Gasteiger partial charge on any atom is 0.407 e. The lowest BCUT2D eigenvalue weighted by Gasteiger charge is -2.36. The number of nitrogens with one attached hydrogen (secondary N) is 2. The van der Waals surface area contributed by atoms with Crippen LogP contribution < -0.4 is 10.6 Å². The molecule has 0 bridgehead atoms. The summed E-state index contributed by atoms with van der Waals surface area (Å²) in [7, 11) is 0. The molecule has 2 aromatic carbocycles. The number of rotatable bonds is 7. The minimum Gasteiger partial charge on any atom is -0.481 e.